The zero-order valence-corrected chi connectivity index (χ0v) is 20.6. The summed E-state index contributed by atoms with van der Waals surface area (Å²) < 4.78 is 5.56. The van der Waals surface area contributed by atoms with E-state index in [-0.39, 0.29) is 18.4 Å². The van der Waals surface area contributed by atoms with Crippen LogP contribution in [0.4, 0.5) is 4.79 Å². The van der Waals surface area contributed by atoms with Crippen LogP contribution in [0.25, 0.3) is 11.1 Å². The highest BCUT2D eigenvalue weighted by Gasteiger charge is 2.30. The van der Waals surface area contributed by atoms with Gasteiger partial charge in [0.1, 0.15) is 18.7 Å². The summed E-state index contributed by atoms with van der Waals surface area (Å²) >= 11 is 1.54. The first-order valence-electron chi connectivity index (χ1n) is 11.5. The molecule has 0 radical (unpaired) electrons. The van der Waals surface area contributed by atoms with Crippen molar-refractivity contribution < 1.29 is 24.2 Å². The monoisotopic (exact) mass is 484 g/mol. The lowest BCUT2D eigenvalue weighted by Crippen LogP contribution is -2.52. The van der Waals surface area contributed by atoms with Crippen LogP contribution >= 0.6 is 11.8 Å². The van der Waals surface area contributed by atoms with E-state index in [9.17, 15) is 19.5 Å². The van der Waals surface area contributed by atoms with Crippen LogP contribution in [0, 0.1) is 5.92 Å². The zero-order valence-electron chi connectivity index (χ0n) is 19.7. The molecule has 2 atom stereocenters. The molecule has 0 spiro atoms. The fraction of sp³-hybridized carbons (Fsp3) is 0.423. The van der Waals surface area contributed by atoms with E-state index in [0.29, 0.717) is 18.6 Å². The van der Waals surface area contributed by atoms with Gasteiger partial charge in [-0.1, -0.05) is 62.4 Å². The van der Waals surface area contributed by atoms with Gasteiger partial charge in [0.2, 0.25) is 5.91 Å². The van der Waals surface area contributed by atoms with Crippen molar-refractivity contribution in [2.75, 3.05) is 18.6 Å². The van der Waals surface area contributed by atoms with Crippen LogP contribution in [0.2, 0.25) is 0 Å². The van der Waals surface area contributed by atoms with Crippen molar-refractivity contribution in [1.82, 2.24) is 10.6 Å². The first kappa shape index (κ1) is 25.6. The Balaban J connectivity index is 1.65. The summed E-state index contributed by atoms with van der Waals surface area (Å²) in [7, 11) is 0. The minimum Gasteiger partial charge on any atom is -0.480 e. The number of carbonyl (C=O) groups is 3. The third kappa shape index (κ3) is 6.32. The number of aliphatic carboxylic acids is 1. The Morgan fingerprint density at radius 2 is 1.56 bits per heavy atom. The lowest BCUT2D eigenvalue weighted by molar-refractivity contribution is -0.142. The molecule has 2 amide bonds. The maximum absolute atomic E-state index is 12.8. The highest BCUT2D eigenvalue weighted by atomic mass is 32.2. The predicted molar refractivity (Wildman–Crippen MR) is 134 cm³/mol. The summed E-state index contributed by atoms with van der Waals surface area (Å²) in [4.78, 5) is 37.0. The smallest absolute Gasteiger partial charge is 0.407 e. The average molecular weight is 485 g/mol. The number of carboxylic acid groups (broad SMARTS) is 1. The Hall–Kier alpha value is -3.00. The van der Waals surface area contributed by atoms with E-state index in [1.165, 1.54) is 0 Å². The predicted octanol–water partition coefficient (Wildman–Crippen LogP) is 4.26. The van der Waals surface area contributed by atoms with Crippen molar-refractivity contribution in [2.24, 2.45) is 5.92 Å². The minimum absolute atomic E-state index is 0.0842. The van der Waals surface area contributed by atoms with E-state index >= 15 is 0 Å². The summed E-state index contributed by atoms with van der Waals surface area (Å²) in [5.74, 6) is -0.966. The third-order valence-corrected chi connectivity index (χ3v) is 6.53. The Kier molecular flexibility index (Phi) is 8.98. The van der Waals surface area contributed by atoms with Crippen LogP contribution in [-0.2, 0) is 14.3 Å². The fourth-order valence-corrected chi connectivity index (χ4v) is 4.72. The Labute approximate surface area is 204 Å². The molecule has 0 saturated heterocycles. The van der Waals surface area contributed by atoms with Crippen molar-refractivity contribution in [1.29, 1.82) is 0 Å². The van der Waals surface area contributed by atoms with E-state index in [0.717, 1.165) is 22.3 Å². The lowest BCUT2D eigenvalue weighted by atomic mass is 9.98. The SMILES string of the molecule is CSCC[C@H](NC(=O)OCC1c2ccccc2-c2ccccc21)C(=O)N[C@@H](CC(C)C)C(=O)O. The molecular formula is C26H32N2O5S. The number of ether oxygens (including phenoxy) is 1. The van der Waals surface area contributed by atoms with Gasteiger partial charge in [0.05, 0.1) is 0 Å². The number of hydrogen-bond donors (Lipinski definition) is 3. The molecule has 8 heteroatoms. The zero-order chi connectivity index (χ0) is 24.7. The molecule has 3 rings (SSSR count). The van der Waals surface area contributed by atoms with Crippen LogP contribution in [0.3, 0.4) is 0 Å². The van der Waals surface area contributed by atoms with Crippen molar-refractivity contribution in [2.45, 2.75) is 44.7 Å². The molecule has 34 heavy (non-hydrogen) atoms. The largest absolute Gasteiger partial charge is 0.480 e. The van der Waals surface area contributed by atoms with E-state index in [1.807, 2.05) is 56.5 Å². The molecule has 3 N–H and O–H groups in total. The molecule has 7 nitrogen and oxygen atoms in total. The Bertz CT molecular complexity index is 980. The molecule has 182 valence electrons. The molecule has 0 aliphatic heterocycles. The van der Waals surface area contributed by atoms with Gasteiger partial charge in [-0.3, -0.25) is 4.79 Å². The maximum atomic E-state index is 12.8. The summed E-state index contributed by atoms with van der Waals surface area (Å²) in [5.41, 5.74) is 4.47. The molecule has 0 fully saturated rings. The molecule has 0 heterocycles. The number of carbonyl (C=O) groups excluding carboxylic acids is 2. The molecule has 2 aromatic carbocycles. The van der Waals surface area contributed by atoms with Gasteiger partial charge < -0.3 is 20.5 Å². The number of fused-ring (bicyclic) bond motifs is 3. The second kappa shape index (κ2) is 11.9. The first-order chi connectivity index (χ1) is 16.3. The highest BCUT2D eigenvalue weighted by molar-refractivity contribution is 7.98. The molecular weight excluding hydrogens is 452 g/mol. The molecule has 0 unspecified atom stereocenters. The number of nitrogens with one attached hydrogen (secondary N) is 2. The molecule has 0 bridgehead atoms. The van der Waals surface area contributed by atoms with Gasteiger partial charge in [0, 0.05) is 5.92 Å². The number of alkyl carbamates (subject to hydrolysis) is 1. The Morgan fingerprint density at radius 3 is 2.09 bits per heavy atom. The van der Waals surface area contributed by atoms with Crippen LogP contribution in [0.15, 0.2) is 48.5 Å². The normalized spacial score (nSPS) is 14.1. The van der Waals surface area contributed by atoms with Gasteiger partial charge in [-0.2, -0.15) is 11.8 Å². The van der Waals surface area contributed by atoms with Crippen molar-refractivity contribution >= 4 is 29.7 Å². The van der Waals surface area contributed by atoms with E-state index < -0.39 is 30.1 Å². The summed E-state index contributed by atoms with van der Waals surface area (Å²) in [6, 6.07) is 14.2. The van der Waals surface area contributed by atoms with Gasteiger partial charge in [-0.15, -0.1) is 0 Å². The van der Waals surface area contributed by atoms with E-state index in [2.05, 4.69) is 22.8 Å². The second-order valence-electron chi connectivity index (χ2n) is 8.83. The molecule has 1 aliphatic carbocycles. The number of amides is 2. The summed E-state index contributed by atoms with van der Waals surface area (Å²) in [6.45, 7) is 3.92. The van der Waals surface area contributed by atoms with Gasteiger partial charge in [0.15, 0.2) is 0 Å². The number of rotatable bonds is 11. The first-order valence-corrected chi connectivity index (χ1v) is 12.8. The topological polar surface area (TPSA) is 105 Å². The number of benzene rings is 2. The van der Waals surface area contributed by atoms with E-state index in [4.69, 9.17) is 4.74 Å². The van der Waals surface area contributed by atoms with Crippen LogP contribution in [0.5, 0.6) is 0 Å². The van der Waals surface area contributed by atoms with Gasteiger partial charge in [-0.05, 0) is 53.0 Å². The average Bonchev–Trinajstić information content (AvgIpc) is 3.13. The number of carboxylic acids is 1. The van der Waals surface area contributed by atoms with Crippen LogP contribution < -0.4 is 10.6 Å². The second-order valence-corrected chi connectivity index (χ2v) is 9.82. The quantitative estimate of drug-likeness (QED) is 0.440. The maximum Gasteiger partial charge on any atom is 0.407 e. The van der Waals surface area contributed by atoms with E-state index in [1.54, 1.807) is 11.8 Å². The third-order valence-electron chi connectivity index (χ3n) is 5.88. The van der Waals surface area contributed by atoms with Crippen LogP contribution in [0.1, 0.15) is 43.7 Å². The lowest BCUT2D eigenvalue weighted by Gasteiger charge is -2.22. The van der Waals surface area contributed by atoms with Crippen molar-refractivity contribution in [3.8, 4) is 11.1 Å². The minimum atomic E-state index is -1.09. The van der Waals surface area contributed by atoms with Crippen LogP contribution in [-0.4, -0.2) is 53.8 Å². The van der Waals surface area contributed by atoms with Crippen molar-refractivity contribution in [3.63, 3.8) is 0 Å². The molecule has 0 aromatic heterocycles. The molecule has 0 saturated carbocycles. The number of thioether (sulfide) groups is 1. The van der Waals surface area contributed by atoms with Gasteiger partial charge >= 0.3 is 12.1 Å². The molecule has 2 aromatic rings. The highest BCUT2D eigenvalue weighted by Crippen LogP contribution is 2.44. The van der Waals surface area contributed by atoms with Gasteiger partial charge in [-0.25, -0.2) is 9.59 Å². The number of hydrogen-bond acceptors (Lipinski definition) is 5. The standard InChI is InChI=1S/C26H32N2O5S/c1-16(2)14-23(25(30)31)27-24(29)22(12-13-34-3)28-26(32)33-15-21-19-10-6-4-8-17(19)18-9-5-7-11-20(18)21/h4-11,16,21-23H,12-15H2,1-3H3,(H,27,29)(H,28,32)(H,30,31)/t22-,23-/m0/s1. The van der Waals surface area contributed by atoms with Crippen molar-refractivity contribution in [3.05, 3.63) is 59.7 Å². The molecule has 1 aliphatic rings. The Morgan fingerprint density at radius 1 is 0.971 bits per heavy atom. The fourth-order valence-electron chi connectivity index (χ4n) is 4.25. The van der Waals surface area contributed by atoms with Gasteiger partial charge in [0.25, 0.3) is 0 Å². The summed E-state index contributed by atoms with van der Waals surface area (Å²) in [5, 5.41) is 14.7. The summed E-state index contributed by atoms with van der Waals surface area (Å²) in [6.07, 6.45) is 1.88.